The minimum atomic E-state index is -0.456. The van der Waals surface area contributed by atoms with Crippen molar-refractivity contribution in [1.82, 2.24) is 4.68 Å². The summed E-state index contributed by atoms with van der Waals surface area (Å²) in [5, 5.41) is 17.4. The zero-order chi connectivity index (χ0) is 22.8. The van der Waals surface area contributed by atoms with Gasteiger partial charge in [0.1, 0.15) is 11.5 Å². The largest absolute Gasteiger partial charge is 0.454 e. The highest BCUT2D eigenvalue weighted by Crippen LogP contribution is 2.32. The molecule has 2 heterocycles. The van der Waals surface area contributed by atoms with Crippen molar-refractivity contribution in [1.29, 1.82) is 0 Å². The number of halogens is 1. The minimum Gasteiger partial charge on any atom is -0.454 e. The second-order valence-electron chi connectivity index (χ2n) is 6.94. The predicted molar refractivity (Wildman–Crippen MR) is 122 cm³/mol. The average molecular weight is 462 g/mol. The van der Waals surface area contributed by atoms with Crippen LogP contribution in [0.25, 0.3) is 11.3 Å². The number of non-ortho nitro benzene ring substituents is 1. The lowest BCUT2D eigenvalue weighted by Crippen LogP contribution is -2.11. The molecule has 0 bridgehead atoms. The van der Waals surface area contributed by atoms with Crippen molar-refractivity contribution < 1.29 is 18.8 Å². The van der Waals surface area contributed by atoms with Gasteiger partial charge in [-0.25, -0.2) is 14.1 Å². The Labute approximate surface area is 190 Å². The number of nitrogens with zero attached hydrogens (tertiary/aromatic N) is 4. The van der Waals surface area contributed by atoms with Gasteiger partial charge in [-0.2, -0.15) is 5.10 Å². The van der Waals surface area contributed by atoms with E-state index in [0.29, 0.717) is 27.6 Å². The summed E-state index contributed by atoms with van der Waals surface area (Å²) < 4.78 is 26.5. The normalized spacial score (nSPS) is 13.1. The van der Waals surface area contributed by atoms with Gasteiger partial charge in [-0.15, -0.1) is 11.3 Å². The number of hydrogen-bond donors (Lipinski definition) is 0. The highest BCUT2D eigenvalue weighted by atomic mass is 32.1. The molecule has 0 N–H and O–H groups in total. The zero-order valence-electron chi connectivity index (χ0n) is 16.9. The van der Waals surface area contributed by atoms with Gasteiger partial charge in [0, 0.05) is 23.1 Å². The topological polar surface area (TPSA) is 91.2 Å². The lowest BCUT2D eigenvalue weighted by atomic mass is 10.1. The monoisotopic (exact) mass is 462 g/mol. The van der Waals surface area contributed by atoms with Crippen molar-refractivity contribution in [3.05, 3.63) is 98.4 Å². The zero-order valence-corrected chi connectivity index (χ0v) is 17.7. The van der Waals surface area contributed by atoms with Crippen LogP contribution in [0.5, 0.6) is 11.5 Å². The van der Waals surface area contributed by atoms with Gasteiger partial charge in [0.05, 0.1) is 16.8 Å². The summed E-state index contributed by atoms with van der Waals surface area (Å²) in [6, 6.07) is 17.8. The van der Waals surface area contributed by atoms with Gasteiger partial charge in [-0.1, -0.05) is 12.1 Å². The minimum absolute atomic E-state index is 0.0133. The van der Waals surface area contributed by atoms with Crippen LogP contribution in [0.4, 0.5) is 15.8 Å². The second kappa shape index (κ2) is 8.67. The molecule has 8 nitrogen and oxygen atoms in total. The third-order valence-corrected chi connectivity index (χ3v) is 5.66. The van der Waals surface area contributed by atoms with E-state index in [-0.39, 0.29) is 18.2 Å². The first kappa shape index (κ1) is 20.6. The maximum Gasteiger partial charge on any atom is 0.269 e. The molecule has 164 valence electrons. The van der Waals surface area contributed by atoms with Crippen LogP contribution in [-0.2, 0) is 0 Å². The Bertz CT molecular complexity index is 1440. The Balaban J connectivity index is 1.60. The number of nitro benzene ring substituents is 1. The van der Waals surface area contributed by atoms with E-state index >= 15 is 0 Å². The van der Waals surface area contributed by atoms with Gasteiger partial charge < -0.3 is 9.47 Å². The van der Waals surface area contributed by atoms with Gasteiger partial charge in [-0.05, 0) is 48.0 Å². The summed E-state index contributed by atoms with van der Waals surface area (Å²) in [7, 11) is 0. The SMILES string of the molecule is O=[N+]([O-])c1ccc(-c2csc(=Nc3ccccc3F)n2N=Cc2ccc3c(c2)OCO3)cc1. The van der Waals surface area contributed by atoms with E-state index in [1.165, 1.54) is 29.5 Å². The quantitative estimate of drug-likeness (QED) is 0.234. The molecular weight excluding hydrogens is 447 g/mol. The Morgan fingerprint density at radius 2 is 1.85 bits per heavy atom. The average Bonchev–Trinajstić information content (AvgIpc) is 3.45. The van der Waals surface area contributed by atoms with Crippen LogP contribution in [-0.4, -0.2) is 22.6 Å². The van der Waals surface area contributed by atoms with E-state index < -0.39 is 10.7 Å². The number of nitro groups is 1. The van der Waals surface area contributed by atoms with E-state index in [0.717, 1.165) is 5.56 Å². The molecule has 0 saturated carbocycles. The fourth-order valence-electron chi connectivity index (χ4n) is 3.20. The Kier molecular flexibility index (Phi) is 5.41. The molecule has 0 amide bonds. The molecule has 33 heavy (non-hydrogen) atoms. The molecule has 1 aromatic heterocycles. The number of fused-ring (bicyclic) bond motifs is 1. The Morgan fingerprint density at radius 1 is 1.06 bits per heavy atom. The smallest absolute Gasteiger partial charge is 0.269 e. The number of thiazole rings is 1. The van der Waals surface area contributed by atoms with Crippen molar-refractivity contribution in [3.8, 4) is 22.8 Å². The lowest BCUT2D eigenvalue weighted by Gasteiger charge is -2.04. The molecule has 0 radical (unpaired) electrons. The first-order valence-corrected chi connectivity index (χ1v) is 10.6. The van der Waals surface area contributed by atoms with Crippen LogP contribution in [0.1, 0.15) is 5.56 Å². The summed E-state index contributed by atoms with van der Waals surface area (Å²) in [4.78, 5) is 15.4. The second-order valence-corrected chi connectivity index (χ2v) is 7.78. The van der Waals surface area contributed by atoms with Gasteiger partial charge in [0.15, 0.2) is 11.5 Å². The van der Waals surface area contributed by atoms with Gasteiger partial charge in [-0.3, -0.25) is 10.1 Å². The third kappa shape index (κ3) is 4.23. The van der Waals surface area contributed by atoms with E-state index in [4.69, 9.17) is 9.47 Å². The molecule has 10 heteroatoms. The molecule has 3 aromatic carbocycles. The standard InChI is InChI=1S/C23H15FN4O4S/c24-18-3-1-2-4-19(18)26-23-27(25-12-15-5-10-21-22(11-15)32-14-31-21)20(13-33-23)16-6-8-17(9-7-16)28(29)30/h1-13H,14H2. The summed E-state index contributed by atoms with van der Waals surface area (Å²) in [5.74, 6) is 0.840. The molecule has 0 fully saturated rings. The molecule has 4 aromatic rings. The van der Waals surface area contributed by atoms with Crippen molar-refractivity contribution in [2.75, 3.05) is 6.79 Å². The van der Waals surface area contributed by atoms with Crippen LogP contribution in [0, 0.1) is 15.9 Å². The van der Waals surface area contributed by atoms with E-state index in [1.54, 1.807) is 53.4 Å². The maximum absolute atomic E-state index is 14.2. The molecule has 1 aliphatic rings. The Morgan fingerprint density at radius 3 is 2.64 bits per heavy atom. The van der Waals surface area contributed by atoms with Crippen molar-refractivity contribution in [3.63, 3.8) is 0 Å². The van der Waals surface area contributed by atoms with Crippen molar-refractivity contribution in [2.45, 2.75) is 0 Å². The summed E-state index contributed by atoms with van der Waals surface area (Å²) in [6.07, 6.45) is 1.63. The number of benzene rings is 3. The molecule has 1 aliphatic heterocycles. The summed E-state index contributed by atoms with van der Waals surface area (Å²) >= 11 is 1.28. The number of hydrogen-bond acceptors (Lipinski definition) is 7. The van der Waals surface area contributed by atoms with Gasteiger partial charge in [0.25, 0.3) is 5.69 Å². The summed E-state index contributed by atoms with van der Waals surface area (Å²) in [6.45, 7) is 0.172. The molecule has 0 aliphatic carbocycles. The molecule has 0 saturated heterocycles. The van der Waals surface area contributed by atoms with E-state index in [2.05, 4.69) is 10.1 Å². The van der Waals surface area contributed by atoms with Crippen LogP contribution >= 0.6 is 11.3 Å². The van der Waals surface area contributed by atoms with Crippen LogP contribution in [0.2, 0.25) is 0 Å². The first-order chi connectivity index (χ1) is 16.1. The van der Waals surface area contributed by atoms with Crippen LogP contribution in [0.3, 0.4) is 0 Å². The molecule has 0 atom stereocenters. The predicted octanol–water partition coefficient (Wildman–Crippen LogP) is 5.11. The van der Waals surface area contributed by atoms with Crippen molar-refractivity contribution in [2.24, 2.45) is 10.1 Å². The number of para-hydroxylation sites is 1. The van der Waals surface area contributed by atoms with E-state index in [1.807, 2.05) is 11.4 Å². The molecule has 5 rings (SSSR count). The van der Waals surface area contributed by atoms with Crippen molar-refractivity contribution >= 4 is 28.9 Å². The lowest BCUT2D eigenvalue weighted by molar-refractivity contribution is -0.384. The summed E-state index contributed by atoms with van der Waals surface area (Å²) in [5.41, 5.74) is 2.29. The highest BCUT2D eigenvalue weighted by Gasteiger charge is 2.14. The highest BCUT2D eigenvalue weighted by molar-refractivity contribution is 7.07. The van der Waals surface area contributed by atoms with Gasteiger partial charge >= 0.3 is 0 Å². The third-order valence-electron chi connectivity index (χ3n) is 4.85. The maximum atomic E-state index is 14.2. The first-order valence-electron chi connectivity index (χ1n) is 9.77. The van der Waals surface area contributed by atoms with Crippen LogP contribution < -0.4 is 14.3 Å². The number of rotatable bonds is 5. The molecular formula is C23H15FN4O4S. The molecule has 0 unspecified atom stereocenters. The van der Waals surface area contributed by atoms with Gasteiger partial charge in [0.2, 0.25) is 11.6 Å². The van der Waals surface area contributed by atoms with Crippen LogP contribution in [0.15, 0.2) is 82.2 Å². The fraction of sp³-hybridized carbons (Fsp3) is 0.0435. The van der Waals surface area contributed by atoms with E-state index in [9.17, 15) is 14.5 Å². The number of aromatic nitrogens is 1. The number of ether oxygens (including phenoxy) is 2. The Hall–Kier alpha value is -4.31. The fourth-order valence-corrected chi connectivity index (χ4v) is 4.05. The molecule has 0 spiro atoms.